The zero-order valence-electron chi connectivity index (χ0n) is 12.4. The number of para-hydroxylation sites is 1. The summed E-state index contributed by atoms with van der Waals surface area (Å²) >= 11 is 0. The van der Waals surface area contributed by atoms with E-state index in [-0.39, 0.29) is 12.5 Å². The summed E-state index contributed by atoms with van der Waals surface area (Å²) in [4.78, 5) is 20.4. The first-order chi connectivity index (χ1) is 11.8. The van der Waals surface area contributed by atoms with Gasteiger partial charge < -0.3 is 5.32 Å². The number of fused-ring (bicyclic) bond motifs is 1. The van der Waals surface area contributed by atoms with Gasteiger partial charge in [-0.1, -0.05) is 17.3 Å². The SMILES string of the molecule is O=C(Cn1nnc2ccccc21)Nc1cc(-n2cccn2)ncn1. The van der Waals surface area contributed by atoms with Crippen LogP contribution in [-0.4, -0.2) is 40.6 Å². The highest BCUT2D eigenvalue weighted by molar-refractivity contribution is 5.90. The molecule has 0 spiro atoms. The minimum Gasteiger partial charge on any atom is -0.309 e. The van der Waals surface area contributed by atoms with Gasteiger partial charge in [-0.2, -0.15) is 5.10 Å². The zero-order valence-corrected chi connectivity index (χ0v) is 12.4. The Morgan fingerprint density at radius 3 is 2.96 bits per heavy atom. The van der Waals surface area contributed by atoms with Gasteiger partial charge in [-0.25, -0.2) is 19.3 Å². The van der Waals surface area contributed by atoms with E-state index in [9.17, 15) is 4.79 Å². The standard InChI is InChI=1S/C15H12N8O/c24-15(9-23-12-5-2-1-4-11(12)20-21-23)19-13-8-14(17-10-16-13)22-7-3-6-18-22/h1-8,10H,9H2,(H,16,17,19,24). The molecule has 9 nitrogen and oxygen atoms in total. The average molecular weight is 320 g/mol. The summed E-state index contributed by atoms with van der Waals surface area (Å²) in [6, 6.07) is 10.9. The third-order valence-electron chi connectivity index (χ3n) is 3.37. The van der Waals surface area contributed by atoms with Gasteiger partial charge in [0.25, 0.3) is 0 Å². The molecule has 0 bridgehead atoms. The maximum absolute atomic E-state index is 12.2. The molecule has 0 radical (unpaired) electrons. The molecule has 3 aromatic heterocycles. The molecule has 0 saturated heterocycles. The molecule has 4 aromatic rings. The fraction of sp³-hybridized carbons (Fsp3) is 0.0667. The van der Waals surface area contributed by atoms with Gasteiger partial charge in [-0.05, 0) is 18.2 Å². The smallest absolute Gasteiger partial charge is 0.247 e. The summed E-state index contributed by atoms with van der Waals surface area (Å²) in [6.45, 7) is 0.0433. The highest BCUT2D eigenvalue weighted by Crippen LogP contribution is 2.11. The Kier molecular flexibility index (Phi) is 3.43. The van der Waals surface area contributed by atoms with Crippen LogP contribution >= 0.6 is 0 Å². The topological polar surface area (TPSA) is 103 Å². The molecule has 0 aliphatic carbocycles. The van der Waals surface area contributed by atoms with Crippen molar-refractivity contribution in [2.45, 2.75) is 6.54 Å². The number of amides is 1. The first kappa shape index (κ1) is 14.0. The van der Waals surface area contributed by atoms with Gasteiger partial charge in [0, 0.05) is 18.5 Å². The summed E-state index contributed by atoms with van der Waals surface area (Å²) in [6.07, 6.45) is 4.78. The molecule has 0 aliphatic heterocycles. The van der Waals surface area contributed by atoms with Gasteiger partial charge in [0.15, 0.2) is 5.82 Å². The second-order valence-electron chi connectivity index (χ2n) is 5.00. The lowest BCUT2D eigenvalue weighted by molar-refractivity contribution is -0.116. The van der Waals surface area contributed by atoms with Crippen LogP contribution in [0.15, 0.2) is 55.1 Å². The number of nitrogens with one attached hydrogen (secondary N) is 1. The monoisotopic (exact) mass is 320 g/mol. The van der Waals surface area contributed by atoms with Gasteiger partial charge in [-0.3, -0.25) is 4.79 Å². The van der Waals surface area contributed by atoms with Crippen LogP contribution in [0.1, 0.15) is 0 Å². The van der Waals surface area contributed by atoms with Crippen molar-refractivity contribution in [1.29, 1.82) is 0 Å². The highest BCUT2D eigenvalue weighted by atomic mass is 16.2. The van der Waals surface area contributed by atoms with Gasteiger partial charge in [0.05, 0.1) is 5.52 Å². The first-order valence-electron chi connectivity index (χ1n) is 7.20. The molecule has 9 heteroatoms. The molecule has 0 fully saturated rings. The Labute approximate surface area is 136 Å². The van der Waals surface area contributed by atoms with E-state index >= 15 is 0 Å². The van der Waals surface area contributed by atoms with E-state index in [1.54, 1.807) is 33.9 Å². The van der Waals surface area contributed by atoms with Crippen LogP contribution in [0.5, 0.6) is 0 Å². The van der Waals surface area contributed by atoms with Crippen molar-refractivity contribution in [3.8, 4) is 5.82 Å². The number of hydrogen-bond donors (Lipinski definition) is 1. The van der Waals surface area contributed by atoms with Crippen molar-refractivity contribution in [3.63, 3.8) is 0 Å². The summed E-state index contributed by atoms with van der Waals surface area (Å²) in [5, 5.41) is 14.8. The summed E-state index contributed by atoms with van der Waals surface area (Å²) in [5.41, 5.74) is 1.54. The maximum atomic E-state index is 12.2. The number of benzene rings is 1. The van der Waals surface area contributed by atoms with E-state index in [0.29, 0.717) is 11.6 Å². The molecule has 24 heavy (non-hydrogen) atoms. The fourth-order valence-electron chi connectivity index (χ4n) is 2.30. The minimum absolute atomic E-state index is 0.0433. The number of nitrogens with zero attached hydrogens (tertiary/aromatic N) is 7. The average Bonchev–Trinajstić information content (AvgIpc) is 3.26. The predicted molar refractivity (Wildman–Crippen MR) is 85.3 cm³/mol. The molecular formula is C15H12N8O. The van der Waals surface area contributed by atoms with Gasteiger partial charge in [0.1, 0.15) is 24.2 Å². The molecule has 1 N–H and O–H groups in total. The Morgan fingerprint density at radius 1 is 1.17 bits per heavy atom. The van der Waals surface area contributed by atoms with Gasteiger partial charge in [0.2, 0.25) is 5.91 Å². The van der Waals surface area contributed by atoms with Crippen LogP contribution in [0, 0.1) is 0 Å². The molecule has 1 aromatic carbocycles. The number of anilines is 1. The number of carbonyl (C=O) groups excluding carboxylic acids is 1. The lowest BCUT2D eigenvalue weighted by Gasteiger charge is -2.06. The molecule has 4 rings (SSSR count). The summed E-state index contributed by atoms with van der Waals surface area (Å²) < 4.78 is 3.13. The van der Waals surface area contributed by atoms with E-state index in [4.69, 9.17) is 0 Å². The van der Waals surface area contributed by atoms with E-state index in [0.717, 1.165) is 11.0 Å². The van der Waals surface area contributed by atoms with Gasteiger partial charge >= 0.3 is 0 Å². The number of hydrogen-bond acceptors (Lipinski definition) is 6. The van der Waals surface area contributed by atoms with E-state index in [2.05, 4.69) is 30.7 Å². The maximum Gasteiger partial charge on any atom is 0.247 e. The van der Waals surface area contributed by atoms with Crippen molar-refractivity contribution in [3.05, 3.63) is 55.1 Å². The molecule has 118 valence electrons. The van der Waals surface area contributed by atoms with Gasteiger partial charge in [-0.15, -0.1) is 5.10 Å². The zero-order chi connectivity index (χ0) is 16.4. The van der Waals surface area contributed by atoms with Crippen LogP contribution in [0.25, 0.3) is 16.9 Å². The molecule has 0 aliphatic rings. The minimum atomic E-state index is -0.254. The normalized spacial score (nSPS) is 10.8. The lowest BCUT2D eigenvalue weighted by Crippen LogP contribution is -2.20. The molecule has 0 unspecified atom stereocenters. The molecule has 0 atom stereocenters. The lowest BCUT2D eigenvalue weighted by atomic mass is 10.3. The van der Waals surface area contributed by atoms with Crippen molar-refractivity contribution in [2.24, 2.45) is 0 Å². The number of carbonyl (C=O) groups is 1. The number of rotatable bonds is 4. The third kappa shape index (κ3) is 2.70. The van der Waals surface area contributed by atoms with E-state index < -0.39 is 0 Å². The second-order valence-corrected chi connectivity index (χ2v) is 5.00. The quantitative estimate of drug-likeness (QED) is 0.603. The van der Waals surface area contributed by atoms with Crippen LogP contribution in [0.4, 0.5) is 5.82 Å². The highest BCUT2D eigenvalue weighted by Gasteiger charge is 2.10. The largest absolute Gasteiger partial charge is 0.309 e. The van der Waals surface area contributed by atoms with E-state index in [1.807, 2.05) is 24.3 Å². The van der Waals surface area contributed by atoms with Crippen molar-refractivity contribution >= 4 is 22.8 Å². The van der Waals surface area contributed by atoms with Crippen molar-refractivity contribution in [2.75, 3.05) is 5.32 Å². The summed E-state index contributed by atoms with van der Waals surface area (Å²) in [5.74, 6) is 0.706. The third-order valence-corrected chi connectivity index (χ3v) is 3.37. The summed E-state index contributed by atoms with van der Waals surface area (Å²) in [7, 11) is 0. The second kappa shape index (κ2) is 5.88. The molecular weight excluding hydrogens is 308 g/mol. The van der Waals surface area contributed by atoms with Crippen LogP contribution in [0.2, 0.25) is 0 Å². The van der Waals surface area contributed by atoms with Crippen LogP contribution in [0.3, 0.4) is 0 Å². The van der Waals surface area contributed by atoms with Crippen LogP contribution in [-0.2, 0) is 11.3 Å². The Bertz CT molecular complexity index is 992. The number of aromatic nitrogens is 7. The molecule has 3 heterocycles. The Hall–Kier alpha value is -3.62. The van der Waals surface area contributed by atoms with Crippen molar-refractivity contribution in [1.82, 2.24) is 34.7 Å². The Morgan fingerprint density at radius 2 is 2.08 bits per heavy atom. The molecule has 1 amide bonds. The van der Waals surface area contributed by atoms with E-state index in [1.165, 1.54) is 6.33 Å². The van der Waals surface area contributed by atoms with Crippen LogP contribution < -0.4 is 5.32 Å². The predicted octanol–water partition coefficient (Wildman–Crippen LogP) is 1.05. The first-order valence-corrected chi connectivity index (χ1v) is 7.20. The van der Waals surface area contributed by atoms with Crippen molar-refractivity contribution < 1.29 is 4.79 Å². The fourth-order valence-corrected chi connectivity index (χ4v) is 2.30. The Balaban J connectivity index is 1.51. The molecule has 0 saturated carbocycles.